The van der Waals surface area contributed by atoms with Gasteiger partial charge in [-0.1, -0.05) is 29.8 Å². The minimum atomic E-state index is -0.141. The van der Waals surface area contributed by atoms with Gasteiger partial charge in [0, 0.05) is 6.54 Å². The van der Waals surface area contributed by atoms with Crippen molar-refractivity contribution in [2.24, 2.45) is 0 Å². The highest BCUT2D eigenvalue weighted by Crippen LogP contribution is 2.17. The molecule has 0 spiro atoms. The van der Waals surface area contributed by atoms with Gasteiger partial charge in [-0.05, 0) is 31.5 Å². The topological polar surface area (TPSA) is 46.2 Å². The zero-order valence-electron chi connectivity index (χ0n) is 10.9. The lowest BCUT2D eigenvalue weighted by Crippen LogP contribution is -2.21. The fourth-order valence-corrected chi connectivity index (χ4v) is 2.44. The van der Waals surface area contributed by atoms with E-state index in [0.717, 1.165) is 5.56 Å². The molecule has 0 radical (unpaired) electrons. The lowest BCUT2D eigenvalue weighted by atomic mass is 10.1. The van der Waals surface area contributed by atoms with E-state index in [0.29, 0.717) is 16.3 Å². The number of amides is 1. The van der Waals surface area contributed by atoms with Crippen molar-refractivity contribution in [3.05, 3.63) is 57.3 Å². The van der Waals surface area contributed by atoms with E-state index in [2.05, 4.69) is 5.32 Å². The van der Waals surface area contributed by atoms with Crippen LogP contribution in [0.15, 0.2) is 36.4 Å². The molecule has 0 aliphatic heterocycles. The Labute approximate surface area is 116 Å². The molecular weight excluding hydrogens is 258 g/mol. The fourth-order valence-electron chi connectivity index (χ4n) is 1.62. The van der Waals surface area contributed by atoms with E-state index in [4.69, 9.17) is 0 Å². The number of thiophene rings is 1. The van der Waals surface area contributed by atoms with Crippen LogP contribution in [0.5, 0.6) is 0 Å². The molecule has 1 aromatic heterocycles. The van der Waals surface area contributed by atoms with Gasteiger partial charge in [-0.2, -0.15) is 0 Å². The quantitative estimate of drug-likeness (QED) is 0.870. The number of nitrogens with one attached hydrogen (secondary N) is 1. The van der Waals surface area contributed by atoms with Crippen molar-refractivity contribution in [2.75, 3.05) is 0 Å². The third kappa shape index (κ3) is 3.51. The number of carbonyl (C=O) groups excluding carboxylic acids is 2. The molecule has 19 heavy (non-hydrogen) atoms. The first-order valence-electron chi connectivity index (χ1n) is 6.01. The minimum absolute atomic E-state index is 0.0115. The van der Waals surface area contributed by atoms with Crippen molar-refractivity contribution in [1.82, 2.24) is 5.32 Å². The summed E-state index contributed by atoms with van der Waals surface area (Å²) in [7, 11) is 0. The molecule has 4 heteroatoms. The normalized spacial score (nSPS) is 10.2. The Morgan fingerprint density at radius 2 is 1.68 bits per heavy atom. The summed E-state index contributed by atoms with van der Waals surface area (Å²) in [4.78, 5) is 24.3. The smallest absolute Gasteiger partial charge is 0.261 e. The van der Waals surface area contributed by atoms with Gasteiger partial charge in [-0.25, -0.2) is 0 Å². The minimum Gasteiger partial charge on any atom is -0.347 e. The molecule has 0 fully saturated rings. The fraction of sp³-hybridized carbons (Fsp3) is 0.200. The molecule has 98 valence electrons. The summed E-state index contributed by atoms with van der Waals surface area (Å²) < 4.78 is 0. The van der Waals surface area contributed by atoms with Crippen molar-refractivity contribution in [3.63, 3.8) is 0 Å². The highest BCUT2D eigenvalue weighted by molar-refractivity contribution is 7.15. The first kappa shape index (κ1) is 13.5. The van der Waals surface area contributed by atoms with Gasteiger partial charge >= 0.3 is 0 Å². The molecule has 0 unspecified atom stereocenters. The van der Waals surface area contributed by atoms with Gasteiger partial charge in [0.2, 0.25) is 0 Å². The summed E-state index contributed by atoms with van der Waals surface area (Å²) in [5.74, 6) is -0.152. The van der Waals surface area contributed by atoms with Crippen molar-refractivity contribution < 1.29 is 9.59 Å². The molecule has 3 nitrogen and oxygen atoms in total. The molecule has 0 saturated carbocycles. The Kier molecular flexibility index (Phi) is 4.12. The average Bonchev–Trinajstić information content (AvgIpc) is 2.87. The van der Waals surface area contributed by atoms with Gasteiger partial charge in [0.25, 0.3) is 5.91 Å². The van der Waals surface area contributed by atoms with Crippen LogP contribution < -0.4 is 5.32 Å². The van der Waals surface area contributed by atoms with Crippen LogP contribution in [0.2, 0.25) is 0 Å². The van der Waals surface area contributed by atoms with E-state index in [-0.39, 0.29) is 11.7 Å². The maximum atomic E-state index is 11.9. The van der Waals surface area contributed by atoms with Crippen molar-refractivity contribution >= 4 is 23.0 Å². The second kappa shape index (κ2) is 5.80. The van der Waals surface area contributed by atoms with Gasteiger partial charge < -0.3 is 5.32 Å². The monoisotopic (exact) mass is 273 g/mol. The number of carbonyl (C=O) groups is 2. The number of rotatable bonds is 4. The number of Topliss-reactive ketones (excluding diaryl/α,β-unsaturated/α-hetero) is 1. The molecule has 0 aliphatic rings. The molecule has 2 rings (SSSR count). The second-order valence-corrected chi connectivity index (χ2v) is 5.47. The van der Waals surface area contributed by atoms with Crippen LogP contribution in [0.25, 0.3) is 0 Å². The van der Waals surface area contributed by atoms with Gasteiger partial charge in [0.1, 0.15) is 0 Å². The first-order valence-corrected chi connectivity index (χ1v) is 6.82. The molecule has 0 aliphatic carbocycles. The highest BCUT2D eigenvalue weighted by atomic mass is 32.1. The number of benzene rings is 1. The largest absolute Gasteiger partial charge is 0.347 e. The van der Waals surface area contributed by atoms with Crippen molar-refractivity contribution in [2.45, 2.75) is 20.4 Å². The molecule has 1 N–H and O–H groups in total. The van der Waals surface area contributed by atoms with E-state index in [9.17, 15) is 9.59 Å². The van der Waals surface area contributed by atoms with Crippen LogP contribution in [-0.4, -0.2) is 11.7 Å². The van der Waals surface area contributed by atoms with Gasteiger partial charge in [0.15, 0.2) is 5.78 Å². The zero-order valence-corrected chi connectivity index (χ0v) is 11.7. The second-order valence-electron chi connectivity index (χ2n) is 4.39. The Hall–Kier alpha value is -1.94. The Morgan fingerprint density at radius 1 is 1.05 bits per heavy atom. The van der Waals surface area contributed by atoms with Crippen LogP contribution in [0.4, 0.5) is 0 Å². The number of aryl methyl sites for hydroxylation is 1. The molecule has 0 bridgehead atoms. The Morgan fingerprint density at radius 3 is 2.26 bits per heavy atom. The number of hydrogen-bond donors (Lipinski definition) is 1. The van der Waals surface area contributed by atoms with E-state index in [1.807, 2.05) is 31.2 Å². The molecule has 2 aromatic rings. The van der Waals surface area contributed by atoms with E-state index < -0.39 is 0 Å². The standard InChI is InChI=1S/C15H15NO2S/c1-10-3-5-12(6-4-10)9-16-15(18)14-8-7-13(19-14)11(2)17/h3-8H,9H2,1-2H3,(H,16,18). The highest BCUT2D eigenvalue weighted by Gasteiger charge is 2.10. The SMILES string of the molecule is CC(=O)c1ccc(C(=O)NCc2ccc(C)cc2)s1. The Bertz CT molecular complexity index is 599. The third-order valence-corrected chi connectivity index (χ3v) is 3.94. The maximum Gasteiger partial charge on any atom is 0.261 e. The van der Waals surface area contributed by atoms with E-state index in [1.165, 1.54) is 23.8 Å². The lowest BCUT2D eigenvalue weighted by Gasteiger charge is -2.04. The summed E-state index contributed by atoms with van der Waals surface area (Å²) in [6, 6.07) is 11.4. The number of hydrogen-bond acceptors (Lipinski definition) is 3. The summed E-state index contributed by atoms with van der Waals surface area (Å²) >= 11 is 1.23. The van der Waals surface area contributed by atoms with Gasteiger partial charge in [-0.15, -0.1) is 11.3 Å². The van der Waals surface area contributed by atoms with Gasteiger partial charge in [-0.3, -0.25) is 9.59 Å². The van der Waals surface area contributed by atoms with E-state index >= 15 is 0 Å². The number of ketones is 1. The van der Waals surface area contributed by atoms with Crippen LogP contribution in [-0.2, 0) is 6.54 Å². The van der Waals surface area contributed by atoms with Crippen molar-refractivity contribution in [3.8, 4) is 0 Å². The third-order valence-electron chi connectivity index (χ3n) is 2.75. The summed E-state index contributed by atoms with van der Waals surface area (Å²) in [5.41, 5.74) is 2.25. The summed E-state index contributed by atoms with van der Waals surface area (Å²) in [6.07, 6.45) is 0. The molecule has 1 amide bonds. The lowest BCUT2D eigenvalue weighted by molar-refractivity contribution is 0.0954. The van der Waals surface area contributed by atoms with Crippen LogP contribution in [0.3, 0.4) is 0 Å². The molecule has 1 aromatic carbocycles. The van der Waals surface area contributed by atoms with Crippen LogP contribution >= 0.6 is 11.3 Å². The van der Waals surface area contributed by atoms with Crippen molar-refractivity contribution in [1.29, 1.82) is 0 Å². The van der Waals surface area contributed by atoms with Crippen LogP contribution in [0, 0.1) is 6.92 Å². The maximum absolute atomic E-state index is 11.9. The van der Waals surface area contributed by atoms with Gasteiger partial charge in [0.05, 0.1) is 9.75 Å². The summed E-state index contributed by atoms with van der Waals surface area (Å²) in [6.45, 7) is 4.02. The molecular formula is C15H15NO2S. The molecule has 0 atom stereocenters. The van der Waals surface area contributed by atoms with Crippen LogP contribution in [0.1, 0.15) is 37.4 Å². The zero-order chi connectivity index (χ0) is 13.8. The molecule has 0 saturated heterocycles. The first-order chi connectivity index (χ1) is 9.06. The Balaban J connectivity index is 1.97. The predicted molar refractivity (Wildman–Crippen MR) is 76.7 cm³/mol. The predicted octanol–water partition coefficient (Wildman–Crippen LogP) is 3.19. The summed E-state index contributed by atoms with van der Waals surface area (Å²) in [5, 5.41) is 2.85. The van der Waals surface area contributed by atoms with E-state index in [1.54, 1.807) is 12.1 Å². The average molecular weight is 273 g/mol. The molecule has 1 heterocycles.